The Balaban J connectivity index is 1.72. The van der Waals surface area contributed by atoms with Gasteiger partial charge in [-0.25, -0.2) is 0 Å². The van der Waals surface area contributed by atoms with Crippen molar-refractivity contribution in [3.8, 4) is 0 Å². The van der Waals surface area contributed by atoms with E-state index in [2.05, 4.69) is 36.6 Å². The molecular formula is C16H24N2O2Si. The third-order valence-electron chi connectivity index (χ3n) is 4.80. The summed E-state index contributed by atoms with van der Waals surface area (Å²) in [5, 5.41) is 15.4. The molecule has 114 valence electrons. The first-order chi connectivity index (χ1) is 9.96. The number of quaternary nitrogens is 1. The zero-order chi connectivity index (χ0) is 15.0. The van der Waals surface area contributed by atoms with Crippen molar-refractivity contribution >= 4 is 14.0 Å². The lowest BCUT2D eigenvalue weighted by atomic mass is 9.87. The van der Waals surface area contributed by atoms with Crippen molar-refractivity contribution < 1.29 is 9.86 Å². The van der Waals surface area contributed by atoms with E-state index in [0.29, 0.717) is 6.17 Å². The Morgan fingerprint density at radius 3 is 2.86 bits per heavy atom. The van der Waals surface area contributed by atoms with E-state index in [1.165, 1.54) is 11.1 Å². The van der Waals surface area contributed by atoms with Gasteiger partial charge in [0.1, 0.15) is 8.07 Å². The average Bonchev–Trinajstić information content (AvgIpc) is 2.72. The summed E-state index contributed by atoms with van der Waals surface area (Å²) in [6.07, 6.45) is 3.82. The zero-order valence-corrected chi connectivity index (χ0v) is 13.8. The molecule has 0 saturated carbocycles. The van der Waals surface area contributed by atoms with Gasteiger partial charge in [-0.3, -0.25) is 4.79 Å². The lowest BCUT2D eigenvalue weighted by Gasteiger charge is -2.29. The van der Waals surface area contributed by atoms with Crippen LogP contribution in [0.4, 0.5) is 0 Å². The van der Waals surface area contributed by atoms with E-state index < -0.39 is 8.07 Å². The number of hydroxylamine groups is 2. The van der Waals surface area contributed by atoms with Gasteiger partial charge in [-0.15, -0.1) is 0 Å². The van der Waals surface area contributed by atoms with Gasteiger partial charge in [-0.2, -0.15) is 0 Å². The Labute approximate surface area is 127 Å². The predicted octanol–water partition coefficient (Wildman–Crippen LogP) is 1.19. The highest BCUT2D eigenvalue weighted by molar-refractivity contribution is 6.78. The van der Waals surface area contributed by atoms with Crippen LogP contribution in [0, 0.1) is 5.21 Å². The van der Waals surface area contributed by atoms with Crippen molar-refractivity contribution in [3.05, 3.63) is 40.6 Å². The van der Waals surface area contributed by atoms with Crippen LogP contribution < -0.4 is 10.4 Å². The molecule has 1 aliphatic carbocycles. The maximum atomic E-state index is 12.5. The molecule has 2 unspecified atom stereocenters. The van der Waals surface area contributed by atoms with E-state index >= 15 is 0 Å². The topological polar surface area (TPSA) is 56.6 Å². The second-order valence-corrected chi connectivity index (χ2v) is 12.3. The molecule has 2 N–H and O–H groups in total. The summed E-state index contributed by atoms with van der Waals surface area (Å²) in [6, 6.07) is 8.84. The minimum Gasteiger partial charge on any atom is -0.634 e. The highest BCUT2D eigenvalue weighted by atomic mass is 28.3. The van der Waals surface area contributed by atoms with Crippen LogP contribution in [0.2, 0.25) is 19.1 Å². The van der Waals surface area contributed by atoms with Gasteiger partial charge in [0.15, 0.2) is 6.04 Å². The van der Waals surface area contributed by atoms with Crippen molar-refractivity contribution in [1.29, 1.82) is 0 Å². The number of nitrogens with one attached hydrogen (secondary N) is 2. The van der Waals surface area contributed by atoms with Crippen molar-refractivity contribution in [1.82, 2.24) is 5.32 Å². The van der Waals surface area contributed by atoms with Crippen LogP contribution in [0.25, 0.3) is 0 Å². The van der Waals surface area contributed by atoms with Crippen LogP contribution >= 0.6 is 0 Å². The fourth-order valence-corrected chi connectivity index (χ4v) is 6.60. The molecule has 5 heteroatoms. The Morgan fingerprint density at radius 1 is 1.38 bits per heavy atom. The van der Waals surface area contributed by atoms with Gasteiger partial charge in [-0.1, -0.05) is 37.4 Å². The maximum Gasteiger partial charge on any atom is 0.278 e. The normalized spacial score (nSPS) is 30.7. The Hall–Kier alpha value is -1.17. The van der Waals surface area contributed by atoms with Crippen LogP contribution in [0.3, 0.4) is 0 Å². The maximum absolute atomic E-state index is 12.5. The lowest BCUT2D eigenvalue weighted by Crippen LogP contribution is -3.11. The molecule has 1 fully saturated rings. The van der Waals surface area contributed by atoms with Gasteiger partial charge in [0, 0.05) is 6.04 Å². The molecule has 1 aromatic carbocycles. The molecular weight excluding hydrogens is 280 g/mol. The molecule has 2 aliphatic rings. The van der Waals surface area contributed by atoms with Crippen molar-refractivity contribution in [2.75, 3.05) is 6.17 Å². The number of amides is 1. The number of carbonyl (C=O) groups excluding carboxylic acids is 1. The summed E-state index contributed by atoms with van der Waals surface area (Å²) < 4.78 is 0. The van der Waals surface area contributed by atoms with E-state index in [4.69, 9.17) is 0 Å². The number of aryl methyl sites for hydroxylation is 1. The van der Waals surface area contributed by atoms with Gasteiger partial charge >= 0.3 is 0 Å². The standard InChI is InChI=1S/C16H24N2O2Si/c1-21(2)10-15(18(20)11-21)16(19)17-14-9-5-7-12-6-3-4-8-13(12)14/h3-4,6,8,14-15,18H,5,7,9-11H2,1-2H3,(H,17,19)/t14-,15?/m1/s1. The molecule has 0 radical (unpaired) electrons. The van der Waals surface area contributed by atoms with Crippen molar-refractivity contribution in [2.45, 2.75) is 50.5 Å². The molecule has 21 heavy (non-hydrogen) atoms. The van der Waals surface area contributed by atoms with E-state index in [0.717, 1.165) is 25.3 Å². The minimum atomic E-state index is -1.48. The Bertz CT molecular complexity index is 547. The average molecular weight is 304 g/mol. The molecule has 1 saturated heterocycles. The summed E-state index contributed by atoms with van der Waals surface area (Å²) in [5.74, 6) is -0.0419. The van der Waals surface area contributed by atoms with Gasteiger partial charge < -0.3 is 15.6 Å². The fourth-order valence-electron chi connectivity index (χ4n) is 3.75. The van der Waals surface area contributed by atoms with Gasteiger partial charge in [0.2, 0.25) is 0 Å². The summed E-state index contributed by atoms with van der Waals surface area (Å²) in [6.45, 7) is 4.40. The first kappa shape index (κ1) is 14.8. The molecule has 0 spiro atoms. The number of fused-ring (bicyclic) bond motifs is 1. The molecule has 1 aromatic rings. The largest absolute Gasteiger partial charge is 0.634 e. The summed E-state index contributed by atoms with van der Waals surface area (Å²) in [5.41, 5.74) is 2.57. The number of carbonyl (C=O) groups is 1. The Kier molecular flexibility index (Phi) is 3.90. The molecule has 1 aliphatic heterocycles. The monoisotopic (exact) mass is 304 g/mol. The van der Waals surface area contributed by atoms with Gasteiger partial charge in [-0.05, 0) is 30.4 Å². The third kappa shape index (κ3) is 3.05. The predicted molar refractivity (Wildman–Crippen MR) is 85.5 cm³/mol. The second-order valence-electron chi connectivity index (χ2n) is 7.22. The zero-order valence-electron chi connectivity index (χ0n) is 12.8. The molecule has 1 amide bonds. The molecule has 0 bridgehead atoms. The minimum absolute atomic E-state index is 0.0419. The summed E-state index contributed by atoms with van der Waals surface area (Å²) in [4.78, 5) is 12.5. The molecule has 1 heterocycles. The van der Waals surface area contributed by atoms with Crippen LogP contribution in [0.15, 0.2) is 24.3 Å². The van der Waals surface area contributed by atoms with E-state index in [1.807, 2.05) is 6.07 Å². The first-order valence-corrected chi connectivity index (χ1v) is 11.3. The fraction of sp³-hybridized carbons (Fsp3) is 0.562. The van der Waals surface area contributed by atoms with E-state index in [-0.39, 0.29) is 23.1 Å². The molecule has 3 rings (SSSR count). The van der Waals surface area contributed by atoms with Crippen LogP contribution in [-0.2, 0) is 11.2 Å². The number of benzene rings is 1. The quantitative estimate of drug-likeness (QED) is 0.637. The van der Waals surface area contributed by atoms with Crippen molar-refractivity contribution in [3.63, 3.8) is 0 Å². The highest BCUT2D eigenvalue weighted by Crippen LogP contribution is 2.29. The number of hydrogen-bond acceptors (Lipinski definition) is 2. The summed E-state index contributed by atoms with van der Waals surface area (Å²) in [7, 11) is -1.48. The molecule has 0 aromatic heterocycles. The second kappa shape index (κ2) is 5.55. The van der Waals surface area contributed by atoms with Gasteiger partial charge in [0.25, 0.3) is 5.91 Å². The van der Waals surface area contributed by atoms with Crippen LogP contribution in [-0.4, -0.2) is 26.2 Å². The van der Waals surface area contributed by atoms with Gasteiger partial charge in [0.05, 0.1) is 12.2 Å². The SMILES string of the molecule is C[Si]1(C)CC(C(=O)N[C@@H]2CCCc3ccccc32)[NH+]([O-])C1. The number of hydrogen-bond donors (Lipinski definition) is 2. The van der Waals surface area contributed by atoms with E-state index in [1.54, 1.807) is 0 Å². The van der Waals surface area contributed by atoms with Crippen LogP contribution in [0.1, 0.15) is 30.0 Å². The highest BCUT2D eigenvalue weighted by Gasteiger charge is 2.43. The molecule has 4 nitrogen and oxygen atoms in total. The smallest absolute Gasteiger partial charge is 0.278 e. The molecule has 3 atom stereocenters. The van der Waals surface area contributed by atoms with Crippen LogP contribution in [0.5, 0.6) is 0 Å². The van der Waals surface area contributed by atoms with E-state index in [9.17, 15) is 10.0 Å². The first-order valence-electron chi connectivity index (χ1n) is 7.87. The Morgan fingerprint density at radius 2 is 2.14 bits per heavy atom. The van der Waals surface area contributed by atoms with Crippen molar-refractivity contribution in [2.24, 2.45) is 0 Å². The summed E-state index contributed by atoms with van der Waals surface area (Å²) >= 11 is 0. The third-order valence-corrected chi connectivity index (χ3v) is 7.62. The lowest BCUT2D eigenvalue weighted by molar-refractivity contribution is -0.845. The number of rotatable bonds is 2.